The molecule has 3 aromatic carbocycles. The standard InChI is InChI=1S/C39H42BF3N6O5/c1-3-16-44-35(51)29-22-38(2,23-32(50)48-19-17-47(18-20-48)25-26-10-5-4-6-11-26)37-46-34(40-53-30-14-7-8-15-31(30)54-40)33(36(52)49(29)37)45-24-27-12-9-13-28(21-27)39(41,42)43/h4-15,21,29,45H,3,16-20,22-25H2,1-2H3,(H,44,51). The monoisotopic (exact) mass is 742 g/mol. The fraction of sp³-hybridized carbons (Fsp3) is 0.385. The first-order chi connectivity index (χ1) is 25.9. The Morgan fingerprint density at radius 2 is 1.61 bits per heavy atom. The zero-order chi connectivity index (χ0) is 38.0. The van der Waals surface area contributed by atoms with Crippen molar-refractivity contribution < 1.29 is 32.1 Å². The van der Waals surface area contributed by atoms with Gasteiger partial charge in [-0.25, -0.2) is 4.98 Å². The van der Waals surface area contributed by atoms with E-state index in [0.717, 1.165) is 18.7 Å². The number of para-hydroxylation sites is 2. The summed E-state index contributed by atoms with van der Waals surface area (Å²) in [6.07, 6.45) is -3.75. The second-order valence-corrected chi connectivity index (χ2v) is 14.3. The number of alkyl halides is 3. The van der Waals surface area contributed by atoms with Crippen molar-refractivity contribution in [2.24, 2.45) is 0 Å². The Kier molecular flexibility index (Phi) is 10.4. The van der Waals surface area contributed by atoms with Crippen LogP contribution in [0, 0.1) is 0 Å². The average Bonchev–Trinajstić information content (AvgIpc) is 3.73. The molecule has 4 heterocycles. The number of carbonyl (C=O) groups is 2. The van der Waals surface area contributed by atoms with Crippen LogP contribution in [0.4, 0.5) is 18.9 Å². The number of fused-ring (bicyclic) bond motifs is 2. The minimum atomic E-state index is -4.55. The number of hydrogen-bond acceptors (Lipinski definition) is 8. The summed E-state index contributed by atoms with van der Waals surface area (Å²) in [7, 11) is -1.18. The molecule has 3 aliphatic rings. The maximum Gasteiger partial charge on any atom is 0.655 e. The van der Waals surface area contributed by atoms with Crippen LogP contribution in [0.15, 0.2) is 83.7 Å². The molecule has 2 N–H and O–H groups in total. The van der Waals surface area contributed by atoms with E-state index in [1.807, 2.05) is 36.9 Å². The molecule has 1 aromatic heterocycles. The summed E-state index contributed by atoms with van der Waals surface area (Å²) in [4.78, 5) is 51.6. The van der Waals surface area contributed by atoms with Gasteiger partial charge >= 0.3 is 13.3 Å². The zero-order valence-corrected chi connectivity index (χ0v) is 30.2. The summed E-state index contributed by atoms with van der Waals surface area (Å²) < 4.78 is 54.2. The molecule has 54 heavy (non-hydrogen) atoms. The van der Waals surface area contributed by atoms with Crippen molar-refractivity contribution in [2.75, 3.05) is 38.0 Å². The molecule has 1 saturated heterocycles. The number of nitrogens with one attached hydrogen (secondary N) is 2. The van der Waals surface area contributed by atoms with Gasteiger partial charge in [-0.3, -0.25) is 23.9 Å². The first-order valence-corrected chi connectivity index (χ1v) is 18.2. The molecule has 4 aromatic rings. The van der Waals surface area contributed by atoms with Crippen molar-refractivity contribution in [3.05, 3.63) is 112 Å². The van der Waals surface area contributed by atoms with E-state index in [2.05, 4.69) is 27.7 Å². The number of anilines is 1. The quantitative estimate of drug-likeness (QED) is 0.216. The number of aromatic nitrogens is 2. The Morgan fingerprint density at radius 1 is 0.944 bits per heavy atom. The number of hydrogen-bond donors (Lipinski definition) is 2. The van der Waals surface area contributed by atoms with Crippen LogP contribution in [-0.2, 0) is 34.3 Å². The van der Waals surface area contributed by atoms with Crippen LogP contribution in [0.25, 0.3) is 0 Å². The molecule has 15 heteroatoms. The first-order valence-electron chi connectivity index (χ1n) is 18.2. The Morgan fingerprint density at radius 3 is 2.28 bits per heavy atom. The van der Waals surface area contributed by atoms with Crippen LogP contribution in [0.3, 0.4) is 0 Å². The second-order valence-electron chi connectivity index (χ2n) is 14.3. The summed E-state index contributed by atoms with van der Waals surface area (Å²) in [5.74, 6) is 0.596. The van der Waals surface area contributed by atoms with Crippen molar-refractivity contribution in [3.8, 4) is 11.5 Å². The van der Waals surface area contributed by atoms with Crippen LogP contribution in [0.1, 0.15) is 61.7 Å². The van der Waals surface area contributed by atoms with Crippen LogP contribution in [0.2, 0.25) is 0 Å². The summed E-state index contributed by atoms with van der Waals surface area (Å²) in [6.45, 7) is 7.25. The van der Waals surface area contributed by atoms with Gasteiger partial charge in [0.25, 0.3) is 5.56 Å². The van der Waals surface area contributed by atoms with Crippen LogP contribution in [-0.4, -0.2) is 71.0 Å². The van der Waals surface area contributed by atoms with Crippen LogP contribution >= 0.6 is 0 Å². The molecule has 0 spiro atoms. The highest BCUT2D eigenvalue weighted by molar-refractivity contribution is 6.64. The third-order valence-corrected chi connectivity index (χ3v) is 10.3. The minimum Gasteiger partial charge on any atom is -0.518 e. The third-order valence-electron chi connectivity index (χ3n) is 10.3. The van der Waals surface area contributed by atoms with Gasteiger partial charge in [-0.2, -0.15) is 13.2 Å². The van der Waals surface area contributed by atoms with Crippen molar-refractivity contribution in [2.45, 2.75) is 63.8 Å². The van der Waals surface area contributed by atoms with Gasteiger partial charge < -0.3 is 24.8 Å². The fourth-order valence-electron chi connectivity index (χ4n) is 7.44. The van der Waals surface area contributed by atoms with E-state index in [4.69, 9.17) is 14.3 Å². The smallest absolute Gasteiger partial charge is 0.518 e. The molecular weight excluding hydrogens is 700 g/mol. The highest BCUT2D eigenvalue weighted by Gasteiger charge is 2.50. The van der Waals surface area contributed by atoms with Gasteiger partial charge in [-0.15, -0.1) is 0 Å². The summed E-state index contributed by atoms with van der Waals surface area (Å²) in [5.41, 5.74) is -1.01. The third kappa shape index (κ3) is 7.68. The predicted molar refractivity (Wildman–Crippen MR) is 198 cm³/mol. The van der Waals surface area contributed by atoms with Gasteiger partial charge in [-0.1, -0.05) is 68.4 Å². The number of piperazine rings is 1. The van der Waals surface area contributed by atoms with Gasteiger partial charge in [0.05, 0.1) is 5.56 Å². The summed E-state index contributed by atoms with van der Waals surface area (Å²) in [5, 5.41) is 5.92. The van der Waals surface area contributed by atoms with Crippen molar-refractivity contribution in [1.29, 1.82) is 0 Å². The number of benzene rings is 3. The SMILES string of the molecule is CCCNC(=O)C1CC(C)(CC(=O)N2CCN(Cc3ccccc3)CC2)c2nc(B3Oc4ccccc4O3)c(NCc3cccc(C(F)(F)F)c3)c(=O)n21. The van der Waals surface area contributed by atoms with Gasteiger partial charge in [0.1, 0.15) is 34.6 Å². The van der Waals surface area contributed by atoms with Gasteiger partial charge in [-0.05, 0) is 48.2 Å². The summed E-state index contributed by atoms with van der Waals surface area (Å²) >= 11 is 0. The summed E-state index contributed by atoms with van der Waals surface area (Å²) in [6, 6.07) is 20.9. The Hall–Kier alpha value is -5.31. The number of nitrogens with zero attached hydrogens (tertiary/aromatic N) is 4. The Balaban J connectivity index is 1.21. The first kappa shape index (κ1) is 37.0. The number of rotatable bonds is 11. The largest absolute Gasteiger partial charge is 0.655 e. The maximum atomic E-state index is 14.7. The molecule has 0 saturated carbocycles. The van der Waals surface area contributed by atoms with Crippen LogP contribution < -0.4 is 31.1 Å². The Bertz CT molecular complexity index is 2050. The number of carbonyl (C=O) groups excluding carboxylic acids is 2. The van der Waals surface area contributed by atoms with Crippen molar-refractivity contribution in [3.63, 3.8) is 0 Å². The molecular formula is C39H42BF3N6O5. The highest BCUT2D eigenvalue weighted by Crippen LogP contribution is 2.43. The fourth-order valence-corrected chi connectivity index (χ4v) is 7.44. The molecule has 7 rings (SSSR count). The molecule has 11 nitrogen and oxygen atoms in total. The molecule has 2 atom stereocenters. The van der Waals surface area contributed by atoms with Gasteiger partial charge in [0, 0.05) is 57.6 Å². The highest BCUT2D eigenvalue weighted by atomic mass is 19.4. The average molecular weight is 743 g/mol. The van der Waals surface area contributed by atoms with E-state index in [-0.39, 0.29) is 53.9 Å². The molecule has 2 unspecified atom stereocenters. The van der Waals surface area contributed by atoms with E-state index >= 15 is 0 Å². The lowest BCUT2D eigenvalue weighted by atomic mass is 9.80. The molecule has 0 aliphatic carbocycles. The lowest BCUT2D eigenvalue weighted by Crippen LogP contribution is -2.50. The lowest BCUT2D eigenvalue weighted by molar-refractivity contribution is -0.137. The van der Waals surface area contributed by atoms with Crippen molar-refractivity contribution >= 4 is 30.2 Å². The van der Waals surface area contributed by atoms with E-state index in [1.54, 1.807) is 24.3 Å². The molecule has 1 fully saturated rings. The maximum absolute atomic E-state index is 14.7. The Labute approximate surface area is 311 Å². The molecule has 0 bridgehead atoms. The molecule has 282 valence electrons. The van der Waals surface area contributed by atoms with Crippen molar-refractivity contribution in [1.82, 2.24) is 24.7 Å². The van der Waals surface area contributed by atoms with E-state index < -0.39 is 35.9 Å². The predicted octanol–water partition coefficient (Wildman–Crippen LogP) is 4.50. The van der Waals surface area contributed by atoms with Gasteiger partial charge in [0.15, 0.2) is 0 Å². The minimum absolute atomic E-state index is 0.00125. The topological polar surface area (TPSA) is 118 Å². The van der Waals surface area contributed by atoms with E-state index in [9.17, 15) is 27.6 Å². The van der Waals surface area contributed by atoms with E-state index in [0.29, 0.717) is 50.6 Å². The zero-order valence-electron chi connectivity index (χ0n) is 30.2. The van der Waals surface area contributed by atoms with Crippen LogP contribution in [0.5, 0.6) is 11.5 Å². The van der Waals surface area contributed by atoms with Gasteiger partial charge in [0.2, 0.25) is 11.8 Å². The number of amides is 2. The second kappa shape index (κ2) is 15.2. The molecule has 3 aliphatic heterocycles. The normalized spacial score (nSPS) is 19.5. The van der Waals surface area contributed by atoms with E-state index in [1.165, 1.54) is 22.3 Å². The molecule has 2 amide bonds. The molecule has 0 radical (unpaired) electrons. The number of halogens is 3. The lowest BCUT2D eigenvalue weighted by Gasteiger charge is -2.36.